The zero-order valence-corrected chi connectivity index (χ0v) is 13.3. The zero-order chi connectivity index (χ0) is 16.1. The Balaban J connectivity index is 1.51. The number of nitrogens with zero attached hydrogens (tertiary/aromatic N) is 2. The van der Waals surface area contributed by atoms with Crippen LogP contribution in [0.5, 0.6) is 5.75 Å². The van der Waals surface area contributed by atoms with Crippen LogP contribution in [0.15, 0.2) is 30.5 Å². The van der Waals surface area contributed by atoms with Gasteiger partial charge in [0.25, 0.3) is 0 Å². The van der Waals surface area contributed by atoms with Crippen molar-refractivity contribution < 1.29 is 13.9 Å². The Hall–Kier alpha value is -1.92. The lowest BCUT2D eigenvalue weighted by molar-refractivity contribution is -0.0131. The molecule has 1 atom stereocenters. The molecule has 1 unspecified atom stereocenters. The lowest BCUT2D eigenvalue weighted by Gasteiger charge is -2.34. The van der Waals surface area contributed by atoms with Gasteiger partial charge >= 0.3 is 0 Å². The molecule has 0 amide bonds. The van der Waals surface area contributed by atoms with E-state index in [0.29, 0.717) is 19.0 Å². The van der Waals surface area contributed by atoms with E-state index in [-0.39, 0.29) is 11.9 Å². The highest BCUT2D eigenvalue weighted by molar-refractivity contribution is 5.23. The zero-order valence-electron chi connectivity index (χ0n) is 13.3. The number of imidazole rings is 1. The van der Waals surface area contributed by atoms with Crippen molar-refractivity contribution in [3.63, 3.8) is 0 Å². The highest BCUT2D eigenvalue weighted by Crippen LogP contribution is 2.22. The predicted molar refractivity (Wildman–Crippen MR) is 85.0 cm³/mol. The largest absolute Gasteiger partial charge is 0.490 e. The lowest BCUT2D eigenvalue weighted by Crippen LogP contribution is -2.40. The van der Waals surface area contributed by atoms with Gasteiger partial charge in [0.1, 0.15) is 5.82 Å². The van der Waals surface area contributed by atoms with Crippen LogP contribution >= 0.6 is 0 Å². The van der Waals surface area contributed by atoms with E-state index in [2.05, 4.69) is 14.9 Å². The molecule has 1 aliphatic rings. The molecule has 0 bridgehead atoms. The van der Waals surface area contributed by atoms with Crippen molar-refractivity contribution in [1.82, 2.24) is 14.9 Å². The third kappa shape index (κ3) is 4.09. The molecule has 0 aliphatic carbocycles. The number of H-pyrrole nitrogens is 1. The maximum Gasteiger partial charge on any atom is 0.165 e. The smallest absolute Gasteiger partial charge is 0.165 e. The second kappa shape index (κ2) is 7.57. The molecule has 1 saturated heterocycles. The summed E-state index contributed by atoms with van der Waals surface area (Å²) in [6.45, 7) is 5.58. The van der Waals surface area contributed by atoms with Crippen LogP contribution < -0.4 is 4.74 Å². The summed E-state index contributed by atoms with van der Waals surface area (Å²) in [5.41, 5.74) is 1.05. The minimum absolute atomic E-state index is 0.144. The van der Waals surface area contributed by atoms with Gasteiger partial charge in [-0.15, -0.1) is 0 Å². The molecule has 1 aromatic carbocycles. The van der Waals surface area contributed by atoms with Crippen molar-refractivity contribution in [3.05, 3.63) is 47.8 Å². The van der Waals surface area contributed by atoms with Crippen LogP contribution in [0.2, 0.25) is 0 Å². The lowest BCUT2D eigenvalue weighted by atomic mass is 10.2. The molecule has 1 fully saturated rings. The molecular formula is C17H22FN3O2. The van der Waals surface area contributed by atoms with E-state index in [9.17, 15) is 4.39 Å². The number of aromatic amines is 1. The number of para-hydroxylation sites is 1. The number of rotatable bonds is 6. The van der Waals surface area contributed by atoms with Gasteiger partial charge in [-0.2, -0.15) is 0 Å². The van der Waals surface area contributed by atoms with E-state index in [0.717, 1.165) is 37.6 Å². The summed E-state index contributed by atoms with van der Waals surface area (Å²) in [6, 6.07) is 6.64. The van der Waals surface area contributed by atoms with Gasteiger partial charge in [0, 0.05) is 25.0 Å². The van der Waals surface area contributed by atoms with Crippen LogP contribution in [0.4, 0.5) is 4.39 Å². The van der Waals surface area contributed by atoms with Gasteiger partial charge < -0.3 is 14.5 Å². The Morgan fingerprint density at radius 2 is 2.30 bits per heavy atom. The summed E-state index contributed by atoms with van der Waals surface area (Å²) in [6.07, 6.45) is 2.66. The number of hydrogen-bond donors (Lipinski definition) is 1. The van der Waals surface area contributed by atoms with E-state index >= 15 is 0 Å². The van der Waals surface area contributed by atoms with Crippen molar-refractivity contribution in [2.75, 3.05) is 32.9 Å². The molecule has 0 spiro atoms. The van der Waals surface area contributed by atoms with E-state index in [1.54, 1.807) is 18.2 Å². The van der Waals surface area contributed by atoms with Crippen molar-refractivity contribution in [3.8, 4) is 5.75 Å². The number of ether oxygens (including phenoxy) is 2. The normalized spacial score (nSPS) is 19.0. The number of halogens is 1. The number of hydrogen-bond acceptors (Lipinski definition) is 4. The maximum atomic E-state index is 13.5. The van der Waals surface area contributed by atoms with Crippen LogP contribution in [-0.4, -0.2) is 47.8 Å². The Kier molecular flexibility index (Phi) is 5.25. The molecule has 124 valence electrons. The minimum Gasteiger partial charge on any atom is -0.490 e. The molecule has 2 aromatic rings. The highest BCUT2D eigenvalue weighted by Gasteiger charge is 2.26. The summed E-state index contributed by atoms with van der Waals surface area (Å²) < 4.78 is 24.6. The summed E-state index contributed by atoms with van der Waals surface area (Å²) in [7, 11) is 0. The Morgan fingerprint density at radius 1 is 1.43 bits per heavy atom. The first-order chi connectivity index (χ1) is 11.2. The molecule has 6 heteroatoms. The monoisotopic (exact) mass is 319 g/mol. The van der Waals surface area contributed by atoms with Crippen molar-refractivity contribution >= 4 is 0 Å². The van der Waals surface area contributed by atoms with E-state index in [1.807, 2.05) is 13.1 Å². The van der Waals surface area contributed by atoms with Gasteiger partial charge in [-0.1, -0.05) is 12.1 Å². The van der Waals surface area contributed by atoms with Gasteiger partial charge in [-0.3, -0.25) is 4.90 Å². The fraction of sp³-hybridized carbons (Fsp3) is 0.471. The summed E-state index contributed by atoms with van der Waals surface area (Å²) in [5, 5.41) is 0. The van der Waals surface area contributed by atoms with Crippen LogP contribution in [0.3, 0.4) is 0 Å². The predicted octanol–water partition coefficient (Wildman–Crippen LogP) is 2.70. The third-order valence-electron chi connectivity index (χ3n) is 3.96. The number of aryl methyl sites for hydroxylation is 1. The molecule has 5 nitrogen and oxygen atoms in total. The molecule has 1 N–H and O–H groups in total. The van der Waals surface area contributed by atoms with Gasteiger partial charge in [0.15, 0.2) is 11.6 Å². The summed E-state index contributed by atoms with van der Waals surface area (Å²) in [4.78, 5) is 10.0. The third-order valence-corrected chi connectivity index (χ3v) is 3.96. The Labute approximate surface area is 135 Å². The molecular weight excluding hydrogens is 297 g/mol. The molecule has 0 radical (unpaired) electrons. The number of nitrogens with one attached hydrogen (secondary N) is 1. The fourth-order valence-electron chi connectivity index (χ4n) is 2.77. The minimum atomic E-state index is -0.317. The molecule has 23 heavy (non-hydrogen) atoms. The molecule has 2 heterocycles. The second-order valence-electron chi connectivity index (χ2n) is 5.71. The van der Waals surface area contributed by atoms with Gasteiger partial charge in [-0.05, 0) is 25.5 Å². The average Bonchev–Trinajstić information content (AvgIpc) is 3.00. The van der Waals surface area contributed by atoms with Crippen LogP contribution in [0.25, 0.3) is 0 Å². The molecule has 0 saturated carbocycles. The quantitative estimate of drug-likeness (QED) is 0.832. The van der Waals surface area contributed by atoms with Crippen LogP contribution in [-0.2, 0) is 4.74 Å². The van der Waals surface area contributed by atoms with Crippen LogP contribution in [0.1, 0.15) is 24.0 Å². The van der Waals surface area contributed by atoms with Gasteiger partial charge in [-0.25, -0.2) is 9.37 Å². The van der Waals surface area contributed by atoms with Gasteiger partial charge in [0.2, 0.25) is 0 Å². The number of benzene rings is 1. The van der Waals surface area contributed by atoms with E-state index in [1.165, 1.54) is 6.07 Å². The Bertz CT molecular complexity index is 632. The first-order valence-electron chi connectivity index (χ1n) is 7.94. The summed E-state index contributed by atoms with van der Waals surface area (Å²) in [5.74, 6) is 0.938. The topological polar surface area (TPSA) is 50.4 Å². The second-order valence-corrected chi connectivity index (χ2v) is 5.71. The summed E-state index contributed by atoms with van der Waals surface area (Å²) >= 11 is 0. The molecule has 3 rings (SSSR count). The molecule has 1 aromatic heterocycles. The SMILES string of the molecule is Cc1cnc(C2COCCN2CCCOc2ccccc2F)[nH]1. The first kappa shape index (κ1) is 16.0. The Morgan fingerprint density at radius 3 is 3.09 bits per heavy atom. The first-order valence-corrected chi connectivity index (χ1v) is 7.94. The van der Waals surface area contributed by atoms with E-state index in [4.69, 9.17) is 9.47 Å². The average molecular weight is 319 g/mol. The van der Waals surface area contributed by atoms with Crippen molar-refractivity contribution in [1.29, 1.82) is 0 Å². The standard InChI is InChI=1S/C17H22FN3O2/c1-13-11-19-17(20-13)15-12-22-10-8-21(15)7-4-9-23-16-6-3-2-5-14(16)18/h2-3,5-6,11,15H,4,7-10,12H2,1H3,(H,19,20). The maximum absolute atomic E-state index is 13.5. The number of aromatic nitrogens is 2. The molecule has 1 aliphatic heterocycles. The highest BCUT2D eigenvalue weighted by atomic mass is 19.1. The van der Waals surface area contributed by atoms with Crippen LogP contribution in [0, 0.1) is 12.7 Å². The number of morpholine rings is 1. The van der Waals surface area contributed by atoms with Gasteiger partial charge in [0.05, 0.1) is 25.9 Å². The van der Waals surface area contributed by atoms with Crippen molar-refractivity contribution in [2.45, 2.75) is 19.4 Å². The van der Waals surface area contributed by atoms with Crippen molar-refractivity contribution in [2.24, 2.45) is 0 Å². The van der Waals surface area contributed by atoms with E-state index < -0.39 is 0 Å². The fourth-order valence-corrected chi connectivity index (χ4v) is 2.77.